The predicted molar refractivity (Wildman–Crippen MR) is 82.2 cm³/mol. The number of hydrogen-bond donors (Lipinski definition) is 1. The quantitative estimate of drug-likeness (QED) is 0.890. The monoisotopic (exact) mass is 302 g/mol. The molecule has 1 aliphatic carbocycles. The second kappa shape index (κ2) is 5.58. The molecule has 2 aromatic rings. The summed E-state index contributed by atoms with van der Waals surface area (Å²) in [4.78, 5) is 4.36. The highest BCUT2D eigenvalue weighted by atomic mass is 32.2. The summed E-state index contributed by atoms with van der Waals surface area (Å²) in [6.45, 7) is 0.430. The van der Waals surface area contributed by atoms with Crippen LogP contribution >= 0.6 is 0 Å². The molecule has 0 radical (unpaired) electrons. The van der Waals surface area contributed by atoms with Crippen molar-refractivity contribution < 1.29 is 8.42 Å². The molecule has 0 amide bonds. The maximum atomic E-state index is 12.2. The largest absolute Gasteiger partial charge is 0.261 e. The molecule has 1 aromatic heterocycles. The molecule has 5 heteroatoms. The molecule has 4 nitrogen and oxygen atoms in total. The minimum Gasteiger partial charge on any atom is -0.261 e. The summed E-state index contributed by atoms with van der Waals surface area (Å²) < 4.78 is 27.1. The Balaban J connectivity index is 1.65. The van der Waals surface area contributed by atoms with Crippen LogP contribution in [0.5, 0.6) is 0 Å². The van der Waals surface area contributed by atoms with E-state index in [1.807, 2.05) is 48.5 Å². The van der Waals surface area contributed by atoms with Crippen LogP contribution < -0.4 is 4.72 Å². The zero-order valence-corrected chi connectivity index (χ0v) is 12.5. The predicted octanol–water partition coefficient (Wildman–Crippen LogP) is 2.23. The van der Waals surface area contributed by atoms with Crippen LogP contribution in [0.1, 0.15) is 24.1 Å². The van der Waals surface area contributed by atoms with Crippen LogP contribution in [-0.4, -0.2) is 19.9 Å². The molecule has 0 bridgehead atoms. The molecule has 1 heterocycles. The summed E-state index contributed by atoms with van der Waals surface area (Å²) in [5.74, 6) is 0.0200. The van der Waals surface area contributed by atoms with Crippen LogP contribution in [0.15, 0.2) is 54.7 Å². The third-order valence-electron chi connectivity index (χ3n) is 3.89. The highest BCUT2D eigenvalue weighted by molar-refractivity contribution is 7.88. The Kier molecular flexibility index (Phi) is 3.78. The number of sulfonamides is 1. The lowest BCUT2D eigenvalue weighted by molar-refractivity contribution is 0.563. The fourth-order valence-electron chi connectivity index (χ4n) is 2.44. The van der Waals surface area contributed by atoms with E-state index in [4.69, 9.17) is 0 Å². The van der Waals surface area contributed by atoms with E-state index < -0.39 is 10.0 Å². The van der Waals surface area contributed by atoms with Gasteiger partial charge in [0.1, 0.15) is 0 Å². The van der Waals surface area contributed by atoms with Gasteiger partial charge >= 0.3 is 0 Å². The van der Waals surface area contributed by atoms with E-state index in [2.05, 4.69) is 9.71 Å². The van der Waals surface area contributed by atoms with E-state index in [1.165, 1.54) is 0 Å². The van der Waals surface area contributed by atoms with Gasteiger partial charge in [0, 0.05) is 23.9 Å². The standard InChI is InChI=1S/C16H18N2O2S/c19-21(20,12-14-6-2-1-3-7-14)18-13-16(9-10-16)15-8-4-5-11-17-15/h1-8,11,18H,9-10,12-13H2. The van der Waals surface area contributed by atoms with E-state index in [-0.39, 0.29) is 11.2 Å². The normalized spacial score (nSPS) is 16.6. The van der Waals surface area contributed by atoms with Gasteiger partial charge in [0.25, 0.3) is 0 Å². The summed E-state index contributed by atoms with van der Waals surface area (Å²) in [5, 5.41) is 0. The number of benzene rings is 1. The van der Waals surface area contributed by atoms with Crippen molar-refractivity contribution in [2.75, 3.05) is 6.54 Å². The fourth-order valence-corrected chi connectivity index (χ4v) is 3.67. The van der Waals surface area contributed by atoms with Crippen LogP contribution in [0.3, 0.4) is 0 Å². The van der Waals surface area contributed by atoms with Crippen molar-refractivity contribution in [1.29, 1.82) is 0 Å². The van der Waals surface area contributed by atoms with Gasteiger partial charge in [-0.05, 0) is 30.5 Å². The first-order chi connectivity index (χ1) is 10.1. The Morgan fingerprint density at radius 1 is 1.05 bits per heavy atom. The topological polar surface area (TPSA) is 59.1 Å². The van der Waals surface area contributed by atoms with E-state index in [0.29, 0.717) is 6.54 Å². The maximum Gasteiger partial charge on any atom is 0.215 e. The summed E-state index contributed by atoms with van der Waals surface area (Å²) in [7, 11) is -3.31. The lowest BCUT2D eigenvalue weighted by Gasteiger charge is -2.15. The zero-order valence-electron chi connectivity index (χ0n) is 11.7. The average molecular weight is 302 g/mol. The molecule has 3 rings (SSSR count). The van der Waals surface area contributed by atoms with Crippen LogP contribution in [0.4, 0.5) is 0 Å². The van der Waals surface area contributed by atoms with Crippen molar-refractivity contribution in [3.8, 4) is 0 Å². The molecule has 0 spiro atoms. The molecule has 0 atom stereocenters. The molecular formula is C16H18N2O2S. The average Bonchev–Trinajstić information content (AvgIpc) is 3.28. The summed E-state index contributed by atoms with van der Waals surface area (Å²) in [5.41, 5.74) is 1.67. The Labute approximate surface area is 125 Å². The summed E-state index contributed by atoms with van der Waals surface area (Å²) in [6, 6.07) is 15.0. The summed E-state index contributed by atoms with van der Waals surface area (Å²) in [6.07, 6.45) is 3.73. The number of nitrogens with one attached hydrogen (secondary N) is 1. The highest BCUT2D eigenvalue weighted by Gasteiger charge is 2.45. The van der Waals surface area contributed by atoms with E-state index in [1.54, 1.807) is 6.20 Å². The molecule has 110 valence electrons. The number of hydrogen-bond acceptors (Lipinski definition) is 3. The van der Waals surface area contributed by atoms with Gasteiger partial charge in [-0.2, -0.15) is 0 Å². The van der Waals surface area contributed by atoms with Crippen LogP contribution in [0.25, 0.3) is 0 Å². The van der Waals surface area contributed by atoms with Gasteiger partial charge < -0.3 is 0 Å². The molecular weight excluding hydrogens is 284 g/mol. The smallest absolute Gasteiger partial charge is 0.215 e. The van der Waals surface area contributed by atoms with Gasteiger partial charge in [-0.25, -0.2) is 13.1 Å². The lowest BCUT2D eigenvalue weighted by Crippen LogP contribution is -2.33. The van der Waals surface area contributed by atoms with Crippen molar-refractivity contribution in [2.45, 2.75) is 24.0 Å². The molecule has 1 aromatic carbocycles. The second-order valence-corrected chi connectivity index (χ2v) is 7.37. The molecule has 1 aliphatic rings. The van der Waals surface area contributed by atoms with Crippen molar-refractivity contribution in [3.63, 3.8) is 0 Å². The fraction of sp³-hybridized carbons (Fsp3) is 0.312. The molecule has 0 unspecified atom stereocenters. The highest BCUT2D eigenvalue weighted by Crippen LogP contribution is 2.46. The Morgan fingerprint density at radius 3 is 2.38 bits per heavy atom. The number of nitrogens with zero attached hydrogens (tertiary/aromatic N) is 1. The van der Waals surface area contributed by atoms with Gasteiger partial charge in [0.2, 0.25) is 10.0 Å². The van der Waals surface area contributed by atoms with Crippen LogP contribution in [0, 0.1) is 0 Å². The van der Waals surface area contributed by atoms with Gasteiger partial charge in [0.05, 0.1) is 5.75 Å². The van der Waals surface area contributed by atoms with Crippen molar-refractivity contribution in [3.05, 3.63) is 66.0 Å². The second-order valence-electron chi connectivity index (χ2n) is 5.56. The summed E-state index contributed by atoms with van der Waals surface area (Å²) >= 11 is 0. The third kappa shape index (κ3) is 3.49. The van der Waals surface area contributed by atoms with E-state index >= 15 is 0 Å². The molecule has 1 N–H and O–H groups in total. The van der Waals surface area contributed by atoms with Gasteiger partial charge in [-0.1, -0.05) is 36.4 Å². The Morgan fingerprint density at radius 2 is 1.76 bits per heavy atom. The number of pyridine rings is 1. The SMILES string of the molecule is O=S(=O)(Cc1ccccc1)NCC1(c2ccccn2)CC1. The van der Waals surface area contributed by atoms with Crippen LogP contribution in [-0.2, 0) is 21.2 Å². The first-order valence-electron chi connectivity index (χ1n) is 7.03. The lowest BCUT2D eigenvalue weighted by atomic mass is 10.0. The number of aromatic nitrogens is 1. The number of rotatable bonds is 6. The molecule has 1 saturated carbocycles. The molecule has 0 aliphatic heterocycles. The first kappa shape index (κ1) is 14.2. The van der Waals surface area contributed by atoms with E-state index in [0.717, 1.165) is 24.1 Å². The van der Waals surface area contributed by atoms with Crippen LogP contribution in [0.2, 0.25) is 0 Å². The first-order valence-corrected chi connectivity index (χ1v) is 8.68. The van der Waals surface area contributed by atoms with Gasteiger partial charge in [0.15, 0.2) is 0 Å². The van der Waals surface area contributed by atoms with Crippen molar-refractivity contribution in [2.24, 2.45) is 0 Å². The minimum absolute atomic E-state index is 0.0200. The molecule has 0 saturated heterocycles. The maximum absolute atomic E-state index is 12.2. The zero-order chi connectivity index (χ0) is 14.8. The third-order valence-corrected chi connectivity index (χ3v) is 5.19. The Bertz CT molecular complexity index is 696. The Hall–Kier alpha value is -1.72. The molecule has 21 heavy (non-hydrogen) atoms. The minimum atomic E-state index is -3.31. The van der Waals surface area contributed by atoms with E-state index in [9.17, 15) is 8.42 Å². The van der Waals surface area contributed by atoms with Gasteiger partial charge in [-0.15, -0.1) is 0 Å². The van der Waals surface area contributed by atoms with Crippen molar-refractivity contribution >= 4 is 10.0 Å². The molecule has 1 fully saturated rings. The van der Waals surface area contributed by atoms with Gasteiger partial charge in [-0.3, -0.25) is 4.98 Å². The van der Waals surface area contributed by atoms with Crippen molar-refractivity contribution in [1.82, 2.24) is 9.71 Å².